The Hall–Kier alpha value is -1.74. The summed E-state index contributed by atoms with van der Waals surface area (Å²) >= 11 is 3.35. The van der Waals surface area contributed by atoms with Crippen molar-refractivity contribution in [2.24, 2.45) is 4.99 Å². The van der Waals surface area contributed by atoms with Gasteiger partial charge in [-0.05, 0) is 17.7 Å². The van der Waals surface area contributed by atoms with Gasteiger partial charge in [0.25, 0.3) is 0 Å². The number of hydrogen-bond donors (Lipinski definition) is 0. The lowest BCUT2D eigenvalue weighted by Gasteiger charge is -1.99. The summed E-state index contributed by atoms with van der Waals surface area (Å²) in [6.45, 7) is 0.518. The van der Waals surface area contributed by atoms with Gasteiger partial charge in [0.2, 0.25) is 0 Å². The molecule has 0 atom stereocenters. The molecule has 0 amide bonds. The van der Waals surface area contributed by atoms with Crippen LogP contribution in [-0.4, -0.2) is 18.5 Å². The van der Waals surface area contributed by atoms with E-state index in [1.165, 1.54) is 0 Å². The minimum atomic E-state index is 0.123. The molecule has 0 aliphatic carbocycles. The van der Waals surface area contributed by atoms with Crippen LogP contribution in [0.15, 0.2) is 64.1 Å². The first-order valence-corrected chi connectivity index (χ1v) is 6.88. The number of hydrogen-bond acceptors (Lipinski definition) is 2. The maximum Gasteiger partial charge on any atom is 0.164 e. The number of benzene rings is 2. The van der Waals surface area contributed by atoms with Crippen molar-refractivity contribution in [2.75, 3.05) is 6.54 Å². The van der Waals surface area contributed by atoms with Gasteiger partial charge >= 0.3 is 0 Å². The molecule has 0 fully saturated rings. The zero-order valence-electron chi connectivity index (χ0n) is 10.4. The van der Waals surface area contributed by atoms with Crippen LogP contribution in [0.3, 0.4) is 0 Å². The molecule has 2 aromatic rings. The minimum absolute atomic E-state index is 0.123. The summed E-state index contributed by atoms with van der Waals surface area (Å²) in [5.74, 6) is 0.123. The monoisotopic (exact) mass is 315 g/mol. The third-order valence-electron chi connectivity index (χ3n) is 2.67. The minimum Gasteiger partial charge on any atom is -0.294 e. The van der Waals surface area contributed by atoms with E-state index in [-0.39, 0.29) is 5.78 Å². The fraction of sp³-hybridized carbons (Fsp3) is 0.125. The fourth-order valence-corrected chi connectivity index (χ4v) is 1.92. The number of rotatable bonds is 5. The molecule has 0 aliphatic heterocycles. The predicted molar refractivity (Wildman–Crippen MR) is 82.0 cm³/mol. The summed E-state index contributed by atoms with van der Waals surface area (Å²) in [6, 6.07) is 17.3. The molecule has 2 rings (SSSR count). The van der Waals surface area contributed by atoms with Gasteiger partial charge in [-0.1, -0.05) is 58.4 Å². The van der Waals surface area contributed by atoms with Gasteiger partial charge in [0.15, 0.2) is 5.78 Å². The summed E-state index contributed by atoms with van der Waals surface area (Å²) in [4.78, 5) is 16.1. The van der Waals surface area contributed by atoms with Gasteiger partial charge in [0.05, 0.1) is 0 Å². The third-order valence-corrected chi connectivity index (χ3v) is 3.20. The summed E-state index contributed by atoms with van der Waals surface area (Å²) in [6.07, 6.45) is 2.24. The van der Waals surface area contributed by atoms with Crippen LogP contribution < -0.4 is 0 Å². The van der Waals surface area contributed by atoms with Crippen molar-refractivity contribution in [2.45, 2.75) is 6.42 Å². The molecular formula is C16H14BrNO. The van der Waals surface area contributed by atoms with Gasteiger partial charge in [0, 0.05) is 29.2 Å². The largest absolute Gasteiger partial charge is 0.294 e. The summed E-state index contributed by atoms with van der Waals surface area (Å²) in [5.41, 5.74) is 1.79. The molecule has 0 spiro atoms. The molecule has 0 aliphatic rings. The van der Waals surface area contributed by atoms with E-state index in [0.29, 0.717) is 13.0 Å². The van der Waals surface area contributed by atoms with Crippen molar-refractivity contribution in [1.29, 1.82) is 0 Å². The Labute approximate surface area is 121 Å². The van der Waals surface area contributed by atoms with E-state index in [4.69, 9.17) is 0 Å². The highest BCUT2D eigenvalue weighted by Gasteiger charge is 2.04. The summed E-state index contributed by atoms with van der Waals surface area (Å²) in [5, 5.41) is 0. The van der Waals surface area contributed by atoms with Crippen molar-refractivity contribution in [3.05, 3.63) is 70.2 Å². The maximum absolute atomic E-state index is 11.9. The molecule has 2 aromatic carbocycles. The number of carbonyl (C=O) groups is 1. The van der Waals surface area contributed by atoms with Crippen LogP contribution in [0.2, 0.25) is 0 Å². The topological polar surface area (TPSA) is 29.4 Å². The number of nitrogens with zero attached hydrogens (tertiary/aromatic N) is 1. The number of ketones is 1. The molecule has 96 valence electrons. The Morgan fingerprint density at radius 1 is 1.05 bits per heavy atom. The highest BCUT2D eigenvalue weighted by molar-refractivity contribution is 9.10. The van der Waals surface area contributed by atoms with Gasteiger partial charge < -0.3 is 0 Å². The van der Waals surface area contributed by atoms with E-state index in [9.17, 15) is 4.79 Å². The smallest absolute Gasteiger partial charge is 0.164 e. The summed E-state index contributed by atoms with van der Waals surface area (Å²) < 4.78 is 0.978. The van der Waals surface area contributed by atoms with Crippen LogP contribution in [-0.2, 0) is 0 Å². The highest BCUT2D eigenvalue weighted by Crippen LogP contribution is 2.11. The van der Waals surface area contributed by atoms with Gasteiger partial charge in [-0.3, -0.25) is 9.79 Å². The quantitative estimate of drug-likeness (QED) is 0.602. The average molecular weight is 316 g/mol. The van der Waals surface area contributed by atoms with E-state index in [1.807, 2.05) is 54.6 Å². The van der Waals surface area contributed by atoms with Gasteiger partial charge in [-0.25, -0.2) is 0 Å². The first kappa shape index (κ1) is 13.7. The van der Waals surface area contributed by atoms with E-state index < -0.39 is 0 Å². The lowest BCUT2D eigenvalue weighted by molar-refractivity contribution is 0.0985. The average Bonchev–Trinajstić information content (AvgIpc) is 2.45. The Morgan fingerprint density at radius 2 is 1.74 bits per heavy atom. The molecule has 0 aromatic heterocycles. The Balaban J connectivity index is 1.84. The zero-order chi connectivity index (χ0) is 13.5. The second kappa shape index (κ2) is 7.00. The van der Waals surface area contributed by atoms with Crippen LogP contribution in [0, 0.1) is 0 Å². The van der Waals surface area contributed by atoms with Crippen LogP contribution in [0.5, 0.6) is 0 Å². The Morgan fingerprint density at radius 3 is 2.42 bits per heavy atom. The lowest BCUT2D eigenvalue weighted by Crippen LogP contribution is -2.00. The lowest BCUT2D eigenvalue weighted by atomic mass is 10.1. The molecule has 3 heteroatoms. The molecule has 0 saturated heterocycles. The number of halogens is 1. The molecule has 19 heavy (non-hydrogen) atoms. The molecule has 0 heterocycles. The highest BCUT2D eigenvalue weighted by atomic mass is 79.9. The molecule has 0 saturated carbocycles. The maximum atomic E-state index is 11.9. The van der Waals surface area contributed by atoms with Gasteiger partial charge in [-0.15, -0.1) is 0 Å². The molecule has 2 nitrogen and oxygen atoms in total. The first-order chi connectivity index (χ1) is 9.25. The number of carbonyl (C=O) groups excluding carboxylic acids is 1. The SMILES string of the molecule is O=C(CC/N=C/c1ccccc1)c1ccc(Br)cc1. The summed E-state index contributed by atoms with van der Waals surface area (Å²) in [7, 11) is 0. The van der Waals surface area contributed by atoms with E-state index >= 15 is 0 Å². The molecule has 0 N–H and O–H groups in total. The van der Waals surface area contributed by atoms with E-state index in [0.717, 1.165) is 15.6 Å². The van der Waals surface area contributed by atoms with Crippen molar-refractivity contribution < 1.29 is 4.79 Å². The fourth-order valence-electron chi connectivity index (χ4n) is 1.66. The van der Waals surface area contributed by atoms with Crippen LogP contribution in [0.4, 0.5) is 0 Å². The van der Waals surface area contributed by atoms with Crippen molar-refractivity contribution in [3.8, 4) is 0 Å². The third kappa shape index (κ3) is 4.45. The Kier molecular flexibility index (Phi) is 5.04. The number of Topliss-reactive ketones (excluding diaryl/α,β-unsaturated/α-hetero) is 1. The van der Waals surface area contributed by atoms with Crippen molar-refractivity contribution in [1.82, 2.24) is 0 Å². The predicted octanol–water partition coefficient (Wildman–Crippen LogP) is 4.14. The first-order valence-electron chi connectivity index (χ1n) is 6.09. The normalized spacial score (nSPS) is 10.8. The zero-order valence-corrected chi connectivity index (χ0v) is 12.0. The molecular weight excluding hydrogens is 302 g/mol. The van der Waals surface area contributed by atoms with Gasteiger partial charge in [0.1, 0.15) is 0 Å². The molecule has 0 bridgehead atoms. The van der Waals surface area contributed by atoms with Gasteiger partial charge in [-0.2, -0.15) is 0 Å². The standard InChI is InChI=1S/C16H14BrNO/c17-15-8-6-14(7-9-15)16(19)10-11-18-12-13-4-2-1-3-5-13/h1-9,12H,10-11H2/b18-12+. The van der Waals surface area contributed by atoms with Crippen LogP contribution in [0.25, 0.3) is 0 Å². The van der Waals surface area contributed by atoms with Crippen LogP contribution >= 0.6 is 15.9 Å². The second-order valence-electron chi connectivity index (χ2n) is 4.13. The van der Waals surface area contributed by atoms with Crippen molar-refractivity contribution in [3.63, 3.8) is 0 Å². The number of aliphatic imine (C=N–C) groups is 1. The Bertz CT molecular complexity index is 561. The van der Waals surface area contributed by atoms with E-state index in [2.05, 4.69) is 20.9 Å². The van der Waals surface area contributed by atoms with Crippen LogP contribution in [0.1, 0.15) is 22.3 Å². The second-order valence-corrected chi connectivity index (χ2v) is 5.04. The molecule has 0 radical (unpaired) electrons. The van der Waals surface area contributed by atoms with E-state index in [1.54, 1.807) is 6.21 Å². The molecule has 0 unspecified atom stereocenters. The van der Waals surface area contributed by atoms with Crippen molar-refractivity contribution >= 4 is 27.9 Å².